The highest BCUT2D eigenvalue weighted by atomic mass is 16.5. The van der Waals surface area contributed by atoms with Crippen molar-refractivity contribution in [3.8, 4) is 22.5 Å². The highest BCUT2D eigenvalue weighted by Gasteiger charge is 2.35. The zero-order chi connectivity index (χ0) is 26.4. The van der Waals surface area contributed by atoms with Gasteiger partial charge in [0.15, 0.2) is 5.65 Å². The van der Waals surface area contributed by atoms with Gasteiger partial charge in [-0.05, 0) is 62.8 Å². The maximum absolute atomic E-state index is 13.0. The number of urea groups is 1. The molecule has 9 nitrogen and oxygen atoms in total. The number of carbonyl (C=O) groups excluding carboxylic acids is 1. The zero-order valence-corrected chi connectivity index (χ0v) is 22.5. The van der Waals surface area contributed by atoms with Gasteiger partial charge >= 0.3 is 6.03 Å². The number of benzene rings is 1. The van der Waals surface area contributed by atoms with E-state index in [1.807, 2.05) is 30.4 Å². The highest BCUT2D eigenvalue weighted by molar-refractivity contribution is 5.91. The van der Waals surface area contributed by atoms with Gasteiger partial charge in [0.05, 0.1) is 48.1 Å². The molecule has 1 saturated heterocycles. The van der Waals surface area contributed by atoms with Gasteiger partial charge in [-0.25, -0.2) is 14.8 Å². The predicted octanol–water partition coefficient (Wildman–Crippen LogP) is 5.00. The van der Waals surface area contributed by atoms with Crippen molar-refractivity contribution >= 4 is 17.2 Å². The highest BCUT2D eigenvalue weighted by Crippen LogP contribution is 2.35. The topological polar surface area (TPSA) is 101 Å². The molecule has 0 radical (unpaired) electrons. The van der Waals surface area contributed by atoms with E-state index in [2.05, 4.69) is 59.4 Å². The SMILES string of the molecule is Cn1cc(-c2nc3nccc(-c4ccc5c(c4)CCCCC5NC(=O)N4CC(OC(C)(C)C)C4)c3[nH]2)cn1. The standard InChI is InChI=1S/C29H35N7O2/c1-29(2,3)38-21-16-36(17-21)28(37)32-24-8-6-5-7-18-13-19(9-10-22(18)24)23-11-12-30-27-25(23)33-26(34-27)20-14-31-35(4)15-20/h9-15,21,24H,5-8,16-17H2,1-4H3,(H,32,37)(H,30,33,34). The molecule has 9 heteroatoms. The Morgan fingerprint density at radius 3 is 2.76 bits per heavy atom. The number of H-pyrrole nitrogens is 1. The number of nitrogens with one attached hydrogen (secondary N) is 2. The number of carbonyl (C=O) groups is 1. The van der Waals surface area contributed by atoms with Crippen molar-refractivity contribution < 1.29 is 9.53 Å². The molecule has 2 amide bonds. The number of fused-ring (bicyclic) bond motifs is 2. The number of likely N-dealkylation sites (tertiary alicyclic amines) is 1. The van der Waals surface area contributed by atoms with Crippen LogP contribution < -0.4 is 5.32 Å². The number of amides is 2. The molecular formula is C29H35N7O2. The quantitative estimate of drug-likeness (QED) is 0.374. The fourth-order valence-electron chi connectivity index (χ4n) is 5.55. The summed E-state index contributed by atoms with van der Waals surface area (Å²) in [5.41, 5.74) is 7.02. The van der Waals surface area contributed by atoms with Gasteiger partial charge in [0.2, 0.25) is 0 Å². The maximum atomic E-state index is 13.0. The molecule has 0 bridgehead atoms. The Bertz CT molecular complexity index is 1480. The van der Waals surface area contributed by atoms with Gasteiger partial charge in [0.25, 0.3) is 0 Å². The lowest BCUT2D eigenvalue weighted by Gasteiger charge is -2.42. The number of ether oxygens (including phenoxy) is 1. The first-order chi connectivity index (χ1) is 18.2. The molecule has 0 saturated carbocycles. The summed E-state index contributed by atoms with van der Waals surface area (Å²) in [6, 6.07) is 8.66. The molecule has 198 valence electrons. The van der Waals surface area contributed by atoms with Crippen LogP contribution in [0.1, 0.15) is 57.2 Å². The van der Waals surface area contributed by atoms with Crippen molar-refractivity contribution in [2.24, 2.45) is 7.05 Å². The van der Waals surface area contributed by atoms with Gasteiger partial charge in [0.1, 0.15) is 5.82 Å². The molecule has 1 aromatic carbocycles. The van der Waals surface area contributed by atoms with E-state index in [0.29, 0.717) is 18.7 Å². The number of aromatic amines is 1. The van der Waals surface area contributed by atoms with E-state index < -0.39 is 0 Å². The third-order valence-corrected chi connectivity index (χ3v) is 7.34. The smallest absolute Gasteiger partial charge is 0.318 e. The summed E-state index contributed by atoms with van der Waals surface area (Å²) < 4.78 is 7.76. The molecule has 3 aromatic heterocycles. The summed E-state index contributed by atoms with van der Waals surface area (Å²) in [6.45, 7) is 7.44. The van der Waals surface area contributed by atoms with E-state index in [9.17, 15) is 4.79 Å². The number of hydrogen-bond acceptors (Lipinski definition) is 5. The largest absolute Gasteiger partial charge is 0.369 e. The van der Waals surface area contributed by atoms with E-state index in [-0.39, 0.29) is 23.8 Å². The Morgan fingerprint density at radius 1 is 1.16 bits per heavy atom. The van der Waals surface area contributed by atoms with Crippen molar-refractivity contribution in [1.29, 1.82) is 0 Å². The van der Waals surface area contributed by atoms with Crippen molar-refractivity contribution in [2.75, 3.05) is 13.1 Å². The summed E-state index contributed by atoms with van der Waals surface area (Å²) in [7, 11) is 1.89. The Hall–Kier alpha value is -3.72. The number of rotatable bonds is 4. The first kappa shape index (κ1) is 24.6. The van der Waals surface area contributed by atoms with Crippen LogP contribution >= 0.6 is 0 Å². The van der Waals surface area contributed by atoms with E-state index in [4.69, 9.17) is 9.72 Å². The van der Waals surface area contributed by atoms with Crippen LogP contribution in [0, 0.1) is 0 Å². The lowest BCUT2D eigenvalue weighted by atomic mass is 9.94. The number of aromatic nitrogens is 5. The molecule has 4 aromatic rings. The van der Waals surface area contributed by atoms with Gasteiger partial charge in [-0.1, -0.05) is 24.6 Å². The lowest BCUT2D eigenvalue weighted by molar-refractivity contribution is -0.111. The minimum Gasteiger partial charge on any atom is -0.369 e. The van der Waals surface area contributed by atoms with Crippen molar-refractivity contribution in [2.45, 2.75) is 64.2 Å². The molecule has 2 aliphatic rings. The number of nitrogens with zero attached hydrogens (tertiary/aromatic N) is 5. The third kappa shape index (κ3) is 4.90. The van der Waals surface area contributed by atoms with Crippen molar-refractivity contribution in [1.82, 2.24) is 34.9 Å². The molecule has 1 atom stereocenters. The maximum Gasteiger partial charge on any atom is 0.318 e. The lowest BCUT2D eigenvalue weighted by Crippen LogP contribution is -2.59. The Balaban J connectivity index is 1.23. The first-order valence-electron chi connectivity index (χ1n) is 13.4. The van der Waals surface area contributed by atoms with Crippen LogP contribution in [-0.2, 0) is 18.2 Å². The van der Waals surface area contributed by atoms with E-state index in [1.54, 1.807) is 10.9 Å². The molecule has 0 spiro atoms. The first-order valence-corrected chi connectivity index (χ1v) is 13.4. The number of pyridine rings is 1. The molecule has 6 rings (SSSR count). The second-order valence-electron chi connectivity index (χ2n) is 11.5. The summed E-state index contributed by atoms with van der Waals surface area (Å²) in [4.78, 5) is 27.5. The fraction of sp³-hybridized carbons (Fsp3) is 0.448. The van der Waals surface area contributed by atoms with E-state index >= 15 is 0 Å². The van der Waals surface area contributed by atoms with Gasteiger partial charge in [0, 0.05) is 25.0 Å². The number of imidazole rings is 1. The second-order valence-corrected chi connectivity index (χ2v) is 11.5. The van der Waals surface area contributed by atoms with Crippen LogP contribution in [0.3, 0.4) is 0 Å². The molecule has 1 aliphatic carbocycles. The summed E-state index contributed by atoms with van der Waals surface area (Å²) >= 11 is 0. The van der Waals surface area contributed by atoms with E-state index in [0.717, 1.165) is 53.7 Å². The molecular weight excluding hydrogens is 478 g/mol. The van der Waals surface area contributed by atoms with Gasteiger partial charge in [-0.3, -0.25) is 4.68 Å². The molecule has 2 N–H and O–H groups in total. The minimum absolute atomic E-state index is 0.00285. The van der Waals surface area contributed by atoms with E-state index in [1.165, 1.54) is 11.1 Å². The Morgan fingerprint density at radius 2 is 2.00 bits per heavy atom. The molecule has 1 unspecified atom stereocenters. The van der Waals surface area contributed by atoms with Crippen LogP contribution in [0.5, 0.6) is 0 Å². The summed E-state index contributed by atoms with van der Waals surface area (Å²) in [5.74, 6) is 0.756. The average molecular weight is 514 g/mol. The van der Waals surface area contributed by atoms with Crippen LogP contribution in [0.25, 0.3) is 33.7 Å². The van der Waals surface area contributed by atoms with Crippen LogP contribution in [0.4, 0.5) is 4.79 Å². The zero-order valence-electron chi connectivity index (χ0n) is 22.5. The normalized spacial score (nSPS) is 18.2. The third-order valence-electron chi connectivity index (χ3n) is 7.34. The van der Waals surface area contributed by atoms with Crippen molar-refractivity contribution in [3.05, 3.63) is 54.0 Å². The predicted molar refractivity (Wildman–Crippen MR) is 147 cm³/mol. The fourth-order valence-corrected chi connectivity index (χ4v) is 5.55. The molecule has 1 fully saturated rings. The summed E-state index contributed by atoms with van der Waals surface area (Å²) in [5, 5.41) is 7.57. The molecule has 38 heavy (non-hydrogen) atoms. The van der Waals surface area contributed by atoms with Crippen LogP contribution in [0.15, 0.2) is 42.9 Å². The second kappa shape index (κ2) is 9.54. The van der Waals surface area contributed by atoms with Crippen molar-refractivity contribution in [3.63, 3.8) is 0 Å². The van der Waals surface area contributed by atoms with Gasteiger partial charge in [-0.2, -0.15) is 5.10 Å². The number of aryl methyl sites for hydroxylation is 2. The summed E-state index contributed by atoms with van der Waals surface area (Å²) in [6.07, 6.45) is 9.79. The van der Waals surface area contributed by atoms with Gasteiger partial charge in [-0.15, -0.1) is 0 Å². The van der Waals surface area contributed by atoms with Crippen LogP contribution in [0.2, 0.25) is 0 Å². The molecule has 4 heterocycles. The average Bonchev–Trinajstić information content (AvgIpc) is 3.43. The Labute approximate surface area is 222 Å². The van der Waals surface area contributed by atoms with Crippen LogP contribution in [-0.4, -0.2) is 60.5 Å². The minimum atomic E-state index is -0.192. The molecule has 1 aliphatic heterocycles. The Kier molecular flexibility index (Phi) is 6.18. The number of hydrogen-bond donors (Lipinski definition) is 2. The van der Waals surface area contributed by atoms with Gasteiger partial charge < -0.3 is 19.9 Å². The monoisotopic (exact) mass is 513 g/mol.